The smallest absolute Gasteiger partial charge is 0.334 e. The summed E-state index contributed by atoms with van der Waals surface area (Å²) < 4.78 is 59.4. The number of benzene rings is 1. The van der Waals surface area contributed by atoms with Crippen molar-refractivity contribution >= 4 is 17.5 Å². The SMILES string of the molecule is CCCCc1ccc2c3c1C=CN1C3=C3C(=C(F)C=CC3C3(CC)C4=C(N5N=C(C(F)(F)F)CC5=C5C=CC=CN54)C13CC)C2(C)C. The quantitative estimate of drug-likeness (QED) is 0.237. The Hall–Kier alpha value is -4.07. The Kier molecular flexibility index (Phi) is 5.62. The standard InChI is InChI=1S/C39H38F4N4/c1-6-9-12-22-14-15-24-30-23(22)18-20-46-33(30)31-25(16-17-26(40)32(31)36(24,4)5)37(7-2)34-35(38(37,46)8-3)47-28(21-29(44-47)39(41,42)43)27-13-10-11-19-45(27)34/h10-11,13-20,25H,6-9,12,21H2,1-5H3. The van der Waals surface area contributed by atoms with E-state index in [2.05, 4.69) is 73.9 Å². The largest absolute Gasteiger partial charge is 0.431 e. The Bertz CT molecular complexity index is 1980. The van der Waals surface area contributed by atoms with E-state index in [1.165, 1.54) is 11.1 Å². The number of hydrogen-bond acceptors (Lipinski definition) is 4. The second kappa shape index (κ2) is 9.09. The predicted octanol–water partition coefficient (Wildman–Crippen LogP) is 9.75. The molecule has 1 aromatic carbocycles. The molecule has 4 nitrogen and oxygen atoms in total. The van der Waals surface area contributed by atoms with Crippen molar-refractivity contribution in [1.29, 1.82) is 0 Å². The molecular formula is C39H38F4N4. The molecule has 8 heteroatoms. The van der Waals surface area contributed by atoms with Gasteiger partial charge in [0, 0.05) is 41.3 Å². The molecule has 0 N–H and O–H groups in total. The molecule has 0 amide bonds. The van der Waals surface area contributed by atoms with E-state index in [1.54, 1.807) is 11.1 Å². The lowest BCUT2D eigenvalue weighted by Crippen LogP contribution is -2.76. The van der Waals surface area contributed by atoms with Gasteiger partial charge in [-0.25, -0.2) is 9.40 Å². The first-order valence-corrected chi connectivity index (χ1v) is 17.0. The van der Waals surface area contributed by atoms with Crippen molar-refractivity contribution in [3.63, 3.8) is 0 Å². The van der Waals surface area contributed by atoms with Crippen LogP contribution in [0.5, 0.6) is 0 Å². The third kappa shape index (κ3) is 3.10. The highest BCUT2D eigenvalue weighted by Crippen LogP contribution is 2.76. The fourth-order valence-corrected chi connectivity index (χ4v) is 10.5. The summed E-state index contributed by atoms with van der Waals surface area (Å²) in [6, 6.07) is 4.42. The number of hydrazone groups is 1. The number of fused-ring (bicyclic) bond motifs is 9. The summed E-state index contributed by atoms with van der Waals surface area (Å²) in [7, 11) is 0. The lowest BCUT2D eigenvalue weighted by molar-refractivity contribution is -0.0611. The van der Waals surface area contributed by atoms with Gasteiger partial charge in [-0.1, -0.05) is 65.3 Å². The van der Waals surface area contributed by atoms with E-state index in [1.807, 2.05) is 30.5 Å². The Balaban J connectivity index is 1.38. The van der Waals surface area contributed by atoms with Crippen LogP contribution >= 0.6 is 0 Å². The second-order valence-electron chi connectivity index (χ2n) is 14.5. The molecule has 5 heterocycles. The van der Waals surface area contributed by atoms with Crippen molar-refractivity contribution < 1.29 is 17.6 Å². The van der Waals surface area contributed by atoms with E-state index in [0.717, 1.165) is 64.3 Å². The van der Waals surface area contributed by atoms with Gasteiger partial charge in [0.2, 0.25) is 0 Å². The lowest BCUT2D eigenvalue weighted by atomic mass is 9.41. The maximum absolute atomic E-state index is 16.4. The third-order valence-corrected chi connectivity index (χ3v) is 12.3. The predicted molar refractivity (Wildman–Crippen MR) is 176 cm³/mol. The summed E-state index contributed by atoms with van der Waals surface area (Å²) in [5.74, 6) is -0.394. The average molecular weight is 639 g/mol. The first-order valence-electron chi connectivity index (χ1n) is 17.0. The van der Waals surface area contributed by atoms with E-state index >= 15 is 4.39 Å². The van der Waals surface area contributed by atoms with E-state index in [9.17, 15) is 13.2 Å². The van der Waals surface area contributed by atoms with Crippen LogP contribution in [0.1, 0.15) is 89.0 Å². The molecule has 3 aliphatic carbocycles. The van der Waals surface area contributed by atoms with Crippen LogP contribution in [-0.2, 0) is 11.8 Å². The molecule has 3 unspecified atom stereocenters. The number of halogens is 4. The number of unbranched alkanes of at least 4 members (excludes halogenated alkanes) is 1. The Labute approximate surface area is 273 Å². The minimum atomic E-state index is -4.54. The summed E-state index contributed by atoms with van der Waals surface area (Å²) in [6.07, 6.45) is 15.4. The number of rotatable bonds is 5. The van der Waals surface area contributed by atoms with Crippen LogP contribution in [-0.4, -0.2) is 32.2 Å². The second-order valence-corrected chi connectivity index (χ2v) is 14.5. The zero-order valence-electron chi connectivity index (χ0n) is 27.4. The monoisotopic (exact) mass is 638 g/mol. The first-order chi connectivity index (χ1) is 22.5. The summed E-state index contributed by atoms with van der Waals surface area (Å²) in [5, 5.41) is 6.00. The highest BCUT2D eigenvalue weighted by Gasteiger charge is 2.76. The zero-order chi connectivity index (χ0) is 32.8. The highest BCUT2D eigenvalue weighted by atomic mass is 19.4. The lowest BCUT2D eigenvalue weighted by Gasteiger charge is -2.74. The van der Waals surface area contributed by atoms with E-state index in [4.69, 9.17) is 0 Å². The number of alkyl halides is 3. The fourth-order valence-electron chi connectivity index (χ4n) is 10.5. The van der Waals surface area contributed by atoms with Crippen molar-refractivity contribution in [3.8, 4) is 0 Å². The van der Waals surface area contributed by atoms with Crippen LogP contribution < -0.4 is 0 Å². The van der Waals surface area contributed by atoms with Crippen molar-refractivity contribution in [3.05, 3.63) is 117 Å². The molecule has 9 rings (SSSR count). The molecule has 242 valence electrons. The fraction of sp³-hybridized carbons (Fsp3) is 0.410. The maximum atomic E-state index is 16.4. The van der Waals surface area contributed by atoms with E-state index in [-0.39, 0.29) is 18.2 Å². The number of hydrogen-bond donors (Lipinski definition) is 0. The van der Waals surface area contributed by atoms with E-state index < -0.39 is 28.3 Å². The normalized spacial score (nSPS) is 30.0. The Morgan fingerprint density at radius 3 is 2.51 bits per heavy atom. The zero-order valence-corrected chi connectivity index (χ0v) is 27.4. The van der Waals surface area contributed by atoms with Gasteiger partial charge in [0.05, 0.1) is 33.9 Å². The van der Waals surface area contributed by atoms with Crippen molar-refractivity contribution in [2.45, 2.75) is 90.3 Å². The number of nitrogens with zero attached hydrogens (tertiary/aromatic N) is 4. The first kappa shape index (κ1) is 29.1. The molecule has 0 fully saturated rings. The maximum Gasteiger partial charge on any atom is 0.431 e. The summed E-state index contributed by atoms with van der Waals surface area (Å²) in [5.41, 5.74) is 7.85. The molecule has 8 aliphatic rings. The molecule has 0 spiro atoms. The molecule has 0 saturated carbocycles. The topological polar surface area (TPSA) is 22.1 Å². The van der Waals surface area contributed by atoms with Gasteiger partial charge in [0.15, 0.2) is 0 Å². The number of aryl methyl sites for hydroxylation is 1. The van der Waals surface area contributed by atoms with Crippen LogP contribution in [0.2, 0.25) is 0 Å². The van der Waals surface area contributed by atoms with Crippen LogP contribution in [0.15, 0.2) is 99.8 Å². The Morgan fingerprint density at radius 2 is 1.79 bits per heavy atom. The third-order valence-electron chi connectivity index (χ3n) is 12.3. The molecule has 5 aliphatic heterocycles. The van der Waals surface area contributed by atoms with Gasteiger partial charge < -0.3 is 9.80 Å². The van der Waals surface area contributed by atoms with Gasteiger partial charge in [0.25, 0.3) is 0 Å². The number of allylic oxidation sites excluding steroid dienone is 9. The minimum Gasteiger partial charge on any atom is -0.334 e. The average Bonchev–Trinajstić information content (AvgIpc) is 3.49. The van der Waals surface area contributed by atoms with Gasteiger partial charge in [-0.15, -0.1) is 0 Å². The van der Waals surface area contributed by atoms with Crippen molar-refractivity contribution in [2.75, 3.05) is 0 Å². The van der Waals surface area contributed by atoms with Crippen LogP contribution in [0.3, 0.4) is 0 Å². The van der Waals surface area contributed by atoms with E-state index in [0.29, 0.717) is 18.5 Å². The van der Waals surface area contributed by atoms with Gasteiger partial charge in [0.1, 0.15) is 17.1 Å². The summed E-state index contributed by atoms with van der Waals surface area (Å²) in [6.45, 7) is 10.8. The molecular weight excluding hydrogens is 600 g/mol. The summed E-state index contributed by atoms with van der Waals surface area (Å²) >= 11 is 0. The van der Waals surface area contributed by atoms with Gasteiger partial charge >= 0.3 is 6.18 Å². The molecule has 0 aromatic heterocycles. The van der Waals surface area contributed by atoms with Crippen molar-refractivity contribution in [1.82, 2.24) is 14.8 Å². The van der Waals surface area contributed by atoms with Crippen LogP contribution in [0, 0.1) is 11.3 Å². The van der Waals surface area contributed by atoms with Gasteiger partial charge in [-0.3, -0.25) is 0 Å². The minimum absolute atomic E-state index is 0.186. The van der Waals surface area contributed by atoms with Crippen LogP contribution in [0.25, 0.3) is 11.8 Å². The molecule has 1 aromatic rings. The molecule has 0 radical (unpaired) electrons. The molecule has 3 atom stereocenters. The summed E-state index contributed by atoms with van der Waals surface area (Å²) in [4.78, 5) is 4.45. The molecule has 0 saturated heterocycles. The molecule has 47 heavy (non-hydrogen) atoms. The van der Waals surface area contributed by atoms with Crippen molar-refractivity contribution in [2.24, 2.45) is 16.4 Å². The highest BCUT2D eigenvalue weighted by molar-refractivity contribution is 5.95. The van der Waals surface area contributed by atoms with Crippen LogP contribution in [0.4, 0.5) is 17.6 Å². The van der Waals surface area contributed by atoms with Gasteiger partial charge in [-0.2, -0.15) is 18.3 Å². The Morgan fingerprint density at radius 1 is 0.979 bits per heavy atom. The molecule has 0 bridgehead atoms. The van der Waals surface area contributed by atoms with Gasteiger partial charge in [-0.05, 0) is 72.3 Å².